The first-order valence-electron chi connectivity index (χ1n) is 24.8. The molecule has 0 saturated carbocycles. The number of aliphatic carboxylic acids is 1. The van der Waals surface area contributed by atoms with Gasteiger partial charge in [0, 0.05) is 12.8 Å². The zero-order valence-electron chi connectivity index (χ0n) is 40.0. The summed E-state index contributed by atoms with van der Waals surface area (Å²) in [4.78, 5) is 37.0. The van der Waals surface area contributed by atoms with Gasteiger partial charge in [-0.05, 0) is 70.6 Å². The fourth-order valence-electron chi connectivity index (χ4n) is 6.64. The van der Waals surface area contributed by atoms with E-state index < -0.39 is 24.3 Å². The molecule has 0 heterocycles. The number of allylic oxidation sites excluding steroid dienone is 8. The lowest BCUT2D eigenvalue weighted by Gasteiger charge is -2.26. The Bertz CT molecular complexity index is 1140. The lowest BCUT2D eigenvalue weighted by Crippen LogP contribution is -2.44. The van der Waals surface area contributed by atoms with Crippen LogP contribution in [0.25, 0.3) is 0 Å². The third kappa shape index (κ3) is 45.1. The molecule has 0 aliphatic heterocycles. The summed E-state index contributed by atoms with van der Waals surface area (Å²) in [7, 11) is 5.90. The molecule has 0 aromatic heterocycles. The second-order valence-corrected chi connectivity index (χ2v) is 17.7. The molecule has 0 amide bonds. The summed E-state index contributed by atoms with van der Waals surface area (Å²) < 4.78 is 22.6. The number of esters is 2. The second-order valence-electron chi connectivity index (χ2n) is 17.7. The van der Waals surface area contributed by atoms with Crippen molar-refractivity contribution in [3.63, 3.8) is 0 Å². The molecule has 2 unspecified atom stereocenters. The average Bonchev–Trinajstić information content (AvgIpc) is 3.22. The number of carbonyl (C=O) groups is 3. The molecule has 0 radical (unpaired) electrons. The summed E-state index contributed by atoms with van der Waals surface area (Å²) in [6.45, 7) is 4.67. The number of nitrogens with zero attached hydrogens (tertiary/aromatic N) is 1. The average molecular weight is 860 g/mol. The summed E-state index contributed by atoms with van der Waals surface area (Å²) in [6, 6.07) is 0. The molecule has 0 aromatic carbocycles. The first kappa shape index (κ1) is 58.2. The van der Waals surface area contributed by atoms with E-state index in [1.54, 1.807) is 0 Å². The first-order valence-corrected chi connectivity index (χ1v) is 24.8. The molecule has 0 saturated heterocycles. The van der Waals surface area contributed by atoms with Gasteiger partial charge < -0.3 is 33.3 Å². The van der Waals surface area contributed by atoms with Gasteiger partial charge >= 0.3 is 11.9 Å². The number of carboxylic acids is 1. The van der Waals surface area contributed by atoms with Crippen molar-refractivity contribution in [2.45, 2.75) is 219 Å². The number of quaternary nitrogens is 1. The predicted molar refractivity (Wildman–Crippen MR) is 251 cm³/mol. The standard InChI is InChI=1S/C52H93NO8/c1-6-8-10-12-14-16-18-19-20-21-22-23-24-25-26-27-28-29-30-31-33-35-37-39-41-43-50(55)61-48(47-60-52(51(56)57)58-45-44-53(3,4)5)46-59-49(54)42-40-38-36-34-32-17-15-13-11-9-7-2/h13,15,18-19,21-22,24-25,48,52H,6-12,14,16-17,20,23,26-47H2,1-5H3/b15-13-,19-18-,22-21-,25-24-. The molecule has 0 N–H and O–H groups in total. The minimum Gasteiger partial charge on any atom is -0.545 e. The molecule has 0 spiro atoms. The Balaban J connectivity index is 4.28. The van der Waals surface area contributed by atoms with E-state index in [-0.39, 0.29) is 38.6 Å². The summed E-state index contributed by atoms with van der Waals surface area (Å²) in [5, 5.41) is 11.7. The van der Waals surface area contributed by atoms with Gasteiger partial charge in [-0.3, -0.25) is 9.59 Å². The van der Waals surface area contributed by atoms with Gasteiger partial charge in [0.1, 0.15) is 13.2 Å². The summed E-state index contributed by atoms with van der Waals surface area (Å²) in [6.07, 6.45) is 48.6. The largest absolute Gasteiger partial charge is 0.545 e. The maximum absolute atomic E-state index is 12.8. The van der Waals surface area contributed by atoms with E-state index in [9.17, 15) is 19.5 Å². The van der Waals surface area contributed by atoms with Gasteiger partial charge in [-0.25, -0.2) is 0 Å². The zero-order valence-corrected chi connectivity index (χ0v) is 40.0. The summed E-state index contributed by atoms with van der Waals surface area (Å²) in [5.41, 5.74) is 0. The van der Waals surface area contributed by atoms with Gasteiger partial charge in [0.05, 0.1) is 40.3 Å². The smallest absolute Gasteiger partial charge is 0.306 e. The zero-order chi connectivity index (χ0) is 44.9. The Morgan fingerprint density at radius 3 is 1.38 bits per heavy atom. The van der Waals surface area contributed by atoms with Gasteiger partial charge in [-0.1, -0.05) is 172 Å². The third-order valence-corrected chi connectivity index (χ3v) is 10.5. The highest BCUT2D eigenvalue weighted by Crippen LogP contribution is 2.14. The molecule has 0 aromatic rings. The van der Waals surface area contributed by atoms with E-state index in [2.05, 4.69) is 62.5 Å². The van der Waals surface area contributed by atoms with Crippen molar-refractivity contribution in [2.75, 3.05) is 47.5 Å². The second kappa shape index (κ2) is 43.9. The molecule has 0 fully saturated rings. The highest BCUT2D eigenvalue weighted by atomic mass is 16.7. The van der Waals surface area contributed by atoms with Crippen LogP contribution in [0.15, 0.2) is 48.6 Å². The topological polar surface area (TPSA) is 111 Å². The quantitative estimate of drug-likeness (QED) is 0.0196. The predicted octanol–water partition coefficient (Wildman–Crippen LogP) is 12.2. The molecule has 61 heavy (non-hydrogen) atoms. The molecule has 9 heteroatoms. The highest BCUT2D eigenvalue weighted by Gasteiger charge is 2.21. The van der Waals surface area contributed by atoms with Crippen LogP contribution in [0.1, 0.15) is 206 Å². The van der Waals surface area contributed by atoms with E-state index in [0.717, 1.165) is 83.5 Å². The van der Waals surface area contributed by atoms with Crippen molar-refractivity contribution < 1.29 is 42.9 Å². The minimum atomic E-state index is -1.62. The van der Waals surface area contributed by atoms with Crippen LogP contribution in [0, 0.1) is 0 Å². The number of ether oxygens (including phenoxy) is 4. The Kier molecular flexibility index (Phi) is 41.9. The van der Waals surface area contributed by atoms with Crippen molar-refractivity contribution in [1.82, 2.24) is 0 Å². The fourth-order valence-corrected chi connectivity index (χ4v) is 6.64. The van der Waals surface area contributed by atoms with Gasteiger partial charge in [-0.15, -0.1) is 0 Å². The van der Waals surface area contributed by atoms with Crippen LogP contribution in [0.4, 0.5) is 0 Å². The van der Waals surface area contributed by atoms with E-state index in [0.29, 0.717) is 17.4 Å². The number of hydrogen-bond donors (Lipinski definition) is 0. The molecule has 9 nitrogen and oxygen atoms in total. The normalized spacial score (nSPS) is 13.3. The van der Waals surface area contributed by atoms with Crippen molar-refractivity contribution in [1.29, 1.82) is 0 Å². The molecule has 0 rings (SSSR count). The Hall–Kier alpha value is -2.75. The number of carboxylic acid groups (broad SMARTS) is 1. The number of rotatable bonds is 45. The number of carbonyl (C=O) groups excluding carboxylic acids is 3. The van der Waals surface area contributed by atoms with Crippen LogP contribution in [-0.4, -0.2) is 82.3 Å². The van der Waals surface area contributed by atoms with Crippen molar-refractivity contribution >= 4 is 17.9 Å². The maximum atomic E-state index is 12.8. The number of hydrogen-bond acceptors (Lipinski definition) is 8. The lowest BCUT2D eigenvalue weighted by atomic mass is 10.0. The van der Waals surface area contributed by atoms with E-state index in [1.165, 1.54) is 89.9 Å². The molecule has 354 valence electrons. The molecule has 2 atom stereocenters. The molecular formula is C52H93NO8. The number of unbranched alkanes of at least 4 members (excludes halogenated alkanes) is 22. The Labute approximate surface area is 374 Å². The van der Waals surface area contributed by atoms with Crippen LogP contribution < -0.4 is 5.11 Å². The number of likely N-dealkylation sites (N-methyl/N-ethyl adjacent to an activating group) is 1. The van der Waals surface area contributed by atoms with Crippen molar-refractivity contribution in [2.24, 2.45) is 0 Å². The van der Waals surface area contributed by atoms with E-state index in [4.69, 9.17) is 18.9 Å². The van der Waals surface area contributed by atoms with Crippen molar-refractivity contribution in [3.05, 3.63) is 48.6 Å². The van der Waals surface area contributed by atoms with Gasteiger partial charge in [0.2, 0.25) is 0 Å². The molecule has 0 bridgehead atoms. The SMILES string of the molecule is CCCC/C=C\CCCCCCCC(=O)OCC(COC(OCC[N+](C)(C)C)C(=O)[O-])OC(=O)CCCCCCCCCCCC/C=C\C/C=C\C/C=C\CCCCCCC. The first-order chi connectivity index (χ1) is 29.6. The summed E-state index contributed by atoms with van der Waals surface area (Å²) in [5.74, 6) is -2.30. The lowest BCUT2D eigenvalue weighted by molar-refractivity contribution is -0.870. The van der Waals surface area contributed by atoms with Gasteiger partial charge in [0.15, 0.2) is 12.4 Å². The van der Waals surface area contributed by atoms with Crippen LogP contribution in [0.5, 0.6) is 0 Å². The van der Waals surface area contributed by atoms with Gasteiger partial charge in [0.25, 0.3) is 0 Å². The highest BCUT2D eigenvalue weighted by molar-refractivity contribution is 5.70. The van der Waals surface area contributed by atoms with Crippen molar-refractivity contribution in [3.8, 4) is 0 Å². The minimum absolute atomic E-state index is 0.144. The van der Waals surface area contributed by atoms with Crippen LogP contribution in [-0.2, 0) is 33.3 Å². The van der Waals surface area contributed by atoms with Crippen LogP contribution >= 0.6 is 0 Å². The van der Waals surface area contributed by atoms with E-state index >= 15 is 0 Å². The van der Waals surface area contributed by atoms with Crippen LogP contribution in [0.2, 0.25) is 0 Å². The monoisotopic (exact) mass is 860 g/mol. The maximum Gasteiger partial charge on any atom is 0.306 e. The van der Waals surface area contributed by atoms with E-state index in [1.807, 2.05) is 21.1 Å². The molecular weight excluding hydrogens is 767 g/mol. The third-order valence-electron chi connectivity index (χ3n) is 10.5. The molecule has 0 aliphatic carbocycles. The van der Waals surface area contributed by atoms with Gasteiger partial charge in [-0.2, -0.15) is 0 Å². The summed E-state index contributed by atoms with van der Waals surface area (Å²) >= 11 is 0. The Morgan fingerprint density at radius 2 is 0.902 bits per heavy atom. The fraction of sp³-hybridized carbons (Fsp3) is 0.788. The molecule has 0 aliphatic rings. The Morgan fingerprint density at radius 1 is 0.492 bits per heavy atom. The van der Waals surface area contributed by atoms with Crippen LogP contribution in [0.3, 0.4) is 0 Å².